The normalized spacial score (nSPS) is 19.7. The summed E-state index contributed by atoms with van der Waals surface area (Å²) in [7, 11) is 0. The van der Waals surface area contributed by atoms with E-state index in [1.165, 1.54) is 6.07 Å². The van der Waals surface area contributed by atoms with Crippen molar-refractivity contribution in [2.24, 2.45) is 0 Å². The fourth-order valence-corrected chi connectivity index (χ4v) is 2.20. The maximum absolute atomic E-state index is 13.3. The van der Waals surface area contributed by atoms with Gasteiger partial charge >= 0.3 is 0 Å². The topological polar surface area (TPSA) is 29.5 Å². The lowest BCUT2D eigenvalue weighted by molar-refractivity contribution is -0.0626. The van der Waals surface area contributed by atoms with Crippen LogP contribution in [0.25, 0.3) is 0 Å². The molecule has 1 aliphatic rings. The van der Waals surface area contributed by atoms with Crippen LogP contribution in [0.5, 0.6) is 0 Å². The van der Waals surface area contributed by atoms with Gasteiger partial charge in [0.1, 0.15) is 5.82 Å². The molecule has 1 aliphatic heterocycles. The summed E-state index contributed by atoms with van der Waals surface area (Å²) < 4.78 is 19.0. The predicted octanol–water partition coefficient (Wildman–Crippen LogP) is 2.67. The third-order valence-corrected chi connectivity index (χ3v) is 3.58. The zero-order valence-corrected chi connectivity index (χ0v) is 10.5. The van der Waals surface area contributed by atoms with Gasteiger partial charge in [-0.3, -0.25) is 0 Å². The molecule has 1 N–H and O–H groups in total. The molecule has 1 fully saturated rings. The minimum absolute atomic E-state index is 0.284. The van der Waals surface area contributed by atoms with E-state index in [0.717, 1.165) is 5.56 Å². The second-order valence-corrected chi connectivity index (χ2v) is 5.12. The molecule has 0 radical (unpaired) electrons. The van der Waals surface area contributed by atoms with E-state index in [9.17, 15) is 9.50 Å². The highest BCUT2D eigenvalue weighted by Gasteiger charge is 2.29. The first kappa shape index (κ1) is 12.0. The molecule has 0 bridgehead atoms. The van der Waals surface area contributed by atoms with Gasteiger partial charge in [0.05, 0.1) is 10.1 Å². The summed E-state index contributed by atoms with van der Waals surface area (Å²) in [5.41, 5.74) is 0.0866. The van der Waals surface area contributed by atoms with Crippen LogP contribution in [0, 0.1) is 5.82 Å². The summed E-state index contributed by atoms with van der Waals surface area (Å²) in [6, 6.07) is 4.98. The Kier molecular flexibility index (Phi) is 3.62. The summed E-state index contributed by atoms with van der Waals surface area (Å²) in [5, 5.41) is 10.3. The minimum Gasteiger partial charge on any atom is -0.389 e. The second-order valence-electron chi connectivity index (χ2n) is 4.26. The van der Waals surface area contributed by atoms with Crippen LogP contribution in [0.3, 0.4) is 0 Å². The van der Waals surface area contributed by atoms with E-state index in [-0.39, 0.29) is 5.82 Å². The molecule has 2 nitrogen and oxygen atoms in total. The molecule has 1 heterocycles. The molecule has 1 saturated heterocycles. The molecule has 0 amide bonds. The minimum atomic E-state index is -0.738. The van der Waals surface area contributed by atoms with Gasteiger partial charge in [-0.25, -0.2) is 4.39 Å². The number of halogens is 2. The molecule has 1 aromatic rings. The van der Waals surface area contributed by atoms with Crippen molar-refractivity contribution in [1.29, 1.82) is 0 Å². The zero-order valence-electron chi connectivity index (χ0n) is 8.88. The van der Waals surface area contributed by atoms with E-state index in [1.807, 2.05) is 6.07 Å². The van der Waals surface area contributed by atoms with Crippen molar-refractivity contribution in [1.82, 2.24) is 0 Å². The van der Waals surface area contributed by atoms with Crippen LogP contribution in [0.2, 0.25) is 0 Å². The van der Waals surface area contributed by atoms with Crippen molar-refractivity contribution in [2.75, 3.05) is 13.2 Å². The highest BCUT2D eigenvalue weighted by molar-refractivity contribution is 9.10. The fourth-order valence-electron chi connectivity index (χ4n) is 1.96. The zero-order chi connectivity index (χ0) is 11.6. The monoisotopic (exact) mass is 288 g/mol. The molecule has 1 aromatic carbocycles. The summed E-state index contributed by atoms with van der Waals surface area (Å²) in [5.74, 6) is -0.284. The van der Waals surface area contributed by atoms with Crippen molar-refractivity contribution in [3.63, 3.8) is 0 Å². The maximum atomic E-state index is 13.3. The summed E-state index contributed by atoms with van der Waals surface area (Å²) in [6.45, 7) is 1.16. The molecule has 0 spiro atoms. The Morgan fingerprint density at radius 2 is 2.06 bits per heavy atom. The van der Waals surface area contributed by atoms with Gasteiger partial charge in [-0.2, -0.15) is 0 Å². The Morgan fingerprint density at radius 3 is 2.69 bits per heavy atom. The van der Waals surface area contributed by atoms with Gasteiger partial charge in [0.25, 0.3) is 0 Å². The Bertz CT molecular complexity index is 375. The standard InChI is InChI=1S/C12H14BrFO2/c13-10-2-1-9(7-11(10)14)8-12(15)3-5-16-6-4-12/h1-2,7,15H,3-6,8H2. The number of ether oxygens (including phenoxy) is 1. The Morgan fingerprint density at radius 1 is 1.38 bits per heavy atom. The molecule has 0 saturated carbocycles. The van der Waals surface area contributed by atoms with E-state index in [0.29, 0.717) is 36.9 Å². The third-order valence-electron chi connectivity index (χ3n) is 2.94. The highest BCUT2D eigenvalue weighted by Crippen LogP contribution is 2.26. The van der Waals surface area contributed by atoms with E-state index < -0.39 is 5.60 Å². The number of rotatable bonds is 2. The first-order valence-electron chi connectivity index (χ1n) is 5.33. The number of hydrogen-bond acceptors (Lipinski definition) is 2. The quantitative estimate of drug-likeness (QED) is 0.907. The fraction of sp³-hybridized carbons (Fsp3) is 0.500. The summed E-state index contributed by atoms with van der Waals surface area (Å²) in [6.07, 6.45) is 1.72. The highest BCUT2D eigenvalue weighted by atomic mass is 79.9. The number of benzene rings is 1. The Hall–Kier alpha value is -0.450. The predicted molar refractivity (Wildman–Crippen MR) is 62.8 cm³/mol. The first-order chi connectivity index (χ1) is 7.59. The average molecular weight is 289 g/mol. The molecule has 4 heteroatoms. The van der Waals surface area contributed by atoms with Gasteiger partial charge in [0, 0.05) is 19.6 Å². The maximum Gasteiger partial charge on any atom is 0.137 e. The summed E-state index contributed by atoms with van der Waals surface area (Å²) >= 11 is 3.11. The van der Waals surface area contributed by atoms with Gasteiger partial charge < -0.3 is 9.84 Å². The van der Waals surface area contributed by atoms with Gasteiger partial charge in [-0.05, 0) is 46.5 Å². The summed E-state index contributed by atoms with van der Waals surface area (Å²) in [4.78, 5) is 0. The van der Waals surface area contributed by atoms with Crippen LogP contribution in [0.15, 0.2) is 22.7 Å². The molecule has 0 aliphatic carbocycles. The molecule has 0 unspecified atom stereocenters. The molecule has 88 valence electrons. The van der Waals surface area contributed by atoms with Crippen LogP contribution in [0.1, 0.15) is 18.4 Å². The smallest absolute Gasteiger partial charge is 0.137 e. The Balaban J connectivity index is 2.10. The van der Waals surface area contributed by atoms with Gasteiger partial charge in [0.15, 0.2) is 0 Å². The molecule has 16 heavy (non-hydrogen) atoms. The van der Waals surface area contributed by atoms with Crippen LogP contribution < -0.4 is 0 Å². The first-order valence-corrected chi connectivity index (χ1v) is 6.12. The second kappa shape index (κ2) is 4.82. The van der Waals surface area contributed by atoms with Crippen molar-refractivity contribution < 1.29 is 14.2 Å². The van der Waals surface area contributed by atoms with Crippen LogP contribution in [-0.2, 0) is 11.2 Å². The van der Waals surface area contributed by atoms with Crippen molar-refractivity contribution in [3.05, 3.63) is 34.1 Å². The van der Waals surface area contributed by atoms with Crippen molar-refractivity contribution in [3.8, 4) is 0 Å². The average Bonchev–Trinajstić information content (AvgIpc) is 2.24. The lowest BCUT2D eigenvalue weighted by Gasteiger charge is -2.32. The van der Waals surface area contributed by atoms with Crippen LogP contribution in [-0.4, -0.2) is 23.9 Å². The molecular formula is C12H14BrFO2. The Labute approximate surface area is 103 Å². The van der Waals surface area contributed by atoms with E-state index in [4.69, 9.17) is 4.74 Å². The van der Waals surface area contributed by atoms with Crippen LogP contribution in [0.4, 0.5) is 4.39 Å². The molecule has 0 aromatic heterocycles. The van der Waals surface area contributed by atoms with Gasteiger partial charge in [0.2, 0.25) is 0 Å². The number of hydrogen-bond donors (Lipinski definition) is 1. The lowest BCUT2D eigenvalue weighted by Crippen LogP contribution is -2.38. The third kappa shape index (κ3) is 2.81. The van der Waals surface area contributed by atoms with Crippen molar-refractivity contribution >= 4 is 15.9 Å². The van der Waals surface area contributed by atoms with E-state index in [1.54, 1.807) is 6.07 Å². The molecular weight excluding hydrogens is 275 g/mol. The largest absolute Gasteiger partial charge is 0.389 e. The lowest BCUT2D eigenvalue weighted by atomic mass is 9.87. The SMILES string of the molecule is OC1(Cc2ccc(Br)c(F)c2)CCOCC1. The van der Waals surface area contributed by atoms with E-state index >= 15 is 0 Å². The molecule has 0 atom stereocenters. The number of aliphatic hydroxyl groups is 1. The molecule has 2 rings (SSSR count). The van der Waals surface area contributed by atoms with Crippen LogP contribution >= 0.6 is 15.9 Å². The van der Waals surface area contributed by atoms with Gasteiger partial charge in [-0.1, -0.05) is 6.07 Å². The van der Waals surface area contributed by atoms with Crippen molar-refractivity contribution in [2.45, 2.75) is 24.9 Å². The van der Waals surface area contributed by atoms with Gasteiger partial charge in [-0.15, -0.1) is 0 Å². The van der Waals surface area contributed by atoms with E-state index in [2.05, 4.69) is 15.9 Å².